The summed E-state index contributed by atoms with van der Waals surface area (Å²) in [6.45, 7) is 1.16. The van der Waals surface area contributed by atoms with E-state index in [9.17, 15) is 0 Å². The van der Waals surface area contributed by atoms with Gasteiger partial charge >= 0.3 is 0 Å². The van der Waals surface area contributed by atoms with E-state index in [1.807, 2.05) is 18.2 Å². The van der Waals surface area contributed by atoms with Gasteiger partial charge in [-0.2, -0.15) is 0 Å². The van der Waals surface area contributed by atoms with Gasteiger partial charge in [0.05, 0.1) is 25.9 Å². The van der Waals surface area contributed by atoms with E-state index in [1.54, 1.807) is 7.11 Å². The van der Waals surface area contributed by atoms with Crippen molar-refractivity contribution in [3.8, 4) is 11.5 Å². The molecule has 3 atom stereocenters. The molecular weight excluding hydrogens is 242 g/mol. The number of benzene rings is 1. The van der Waals surface area contributed by atoms with E-state index < -0.39 is 0 Å². The van der Waals surface area contributed by atoms with E-state index in [0.29, 0.717) is 25.2 Å². The van der Waals surface area contributed by atoms with Crippen LogP contribution in [0.15, 0.2) is 30.4 Å². The minimum absolute atomic E-state index is 0.222. The van der Waals surface area contributed by atoms with Crippen LogP contribution < -0.4 is 15.2 Å². The number of ether oxygens (including phenoxy) is 3. The van der Waals surface area contributed by atoms with Crippen molar-refractivity contribution in [2.45, 2.75) is 25.2 Å². The summed E-state index contributed by atoms with van der Waals surface area (Å²) in [6.07, 6.45) is 5.83. The second-order valence-electron chi connectivity index (χ2n) is 5.02. The Morgan fingerprint density at radius 2 is 2.21 bits per heavy atom. The Morgan fingerprint density at radius 1 is 1.32 bits per heavy atom. The van der Waals surface area contributed by atoms with Gasteiger partial charge in [0.2, 0.25) is 0 Å². The highest BCUT2D eigenvalue weighted by atomic mass is 16.5. The van der Waals surface area contributed by atoms with Crippen LogP contribution in [0.1, 0.15) is 12.0 Å². The Balaban J connectivity index is 1.65. The summed E-state index contributed by atoms with van der Waals surface area (Å²) in [5.74, 6) is 1.95. The van der Waals surface area contributed by atoms with Crippen LogP contribution in [0.25, 0.3) is 0 Å². The molecular formula is C15H19NO3. The third kappa shape index (κ3) is 2.46. The van der Waals surface area contributed by atoms with Crippen LogP contribution in [0.4, 0.5) is 0 Å². The maximum atomic E-state index is 5.88. The molecule has 1 aromatic carbocycles. The molecule has 0 radical (unpaired) electrons. The van der Waals surface area contributed by atoms with Crippen molar-refractivity contribution < 1.29 is 14.2 Å². The molecule has 2 aliphatic heterocycles. The first-order valence-corrected chi connectivity index (χ1v) is 6.63. The first-order valence-electron chi connectivity index (χ1n) is 6.63. The number of fused-ring (bicyclic) bond motifs is 2. The standard InChI is InChI=1S/C15H19NO3/c1-17-15-6-10(8-16)2-4-14(15)18-9-11-7-12-3-5-13(11)19-12/h2-6,11-13H,7-9,16H2,1H3. The lowest BCUT2D eigenvalue weighted by molar-refractivity contribution is 0.0976. The van der Waals surface area contributed by atoms with Crippen molar-refractivity contribution in [3.05, 3.63) is 35.9 Å². The monoisotopic (exact) mass is 261 g/mol. The van der Waals surface area contributed by atoms with Crippen LogP contribution in [0, 0.1) is 5.92 Å². The summed E-state index contributed by atoms with van der Waals surface area (Å²) in [6, 6.07) is 5.81. The highest BCUT2D eigenvalue weighted by Gasteiger charge is 2.37. The van der Waals surface area contributed by atoms with Crippen molar-refractivity contribution >= 4 is 0 Å². The van der Waals surface area contributed by atoms with Crippen LogP contribution in [-0.2, 0) is 11.3 Å². The van der Waals surface area contributed by atoms with Crippen molar-refractivity contribution in [1.82, 2.24) is 0 Å². The molecule has 19 heavy (non-hydrogen) atoms. The van der Waals surface area contributed by atoms with Crippen LogP contribution in [0.5, 0.6) is 11.5 Å². The molecule has 0 saturated carbocycles. The second kappa shape index (κ2) is 5.23. The minimum Gasteiger partial charge on any atom is -0.493 e. The fourth-order valence-electron chi connectivity index (χ4n) is 2.68. The predicted molar refractivity (Wildman–Crippen MR) is 72.3 cm³/mol. The first-order chi connectivity index (χ1) is 9.30. The summed E-state index contributed by atoms with van der Waals surface area (Å²) < 4.78 is 17.0. The lowest BCUT2D eigenvalue weighted by atomic mass is 9.95. The van der Waals surface area contributed by atoms with E-state index in [1.165, 1.54) is 0 Å². The van der Waals surface area contributed by atoms with E-state index in [0.717, 1.165) is 23.5 Å². The van der Waals surface area contributed by atoms with Crippen LogP contribution in [-0.4, -0.2) is 25.9 Å². The fourth-order valence-corrected chi connectivity index (χ4v) is 2.68. The number of hydrogen-bond acceptors (Lipinski definition) is 4. The predicted octanol–water partition coefficient (Wildman–Crippen LogP) is 1.88. The lowest BCUT2D eigenvalue weighted by Crippen LogP contribution is -2.21. The summed E-state index contributed by atoms with van der Waals surface area (Å²) in [4.78, 5) is 0. The number of hydrogen-bond donors (Lipinski definition) is 1. The summed E-state index contributed by atoms with van der Waals surface area (Å²) in [5.41, 5.74) is 6.65. The topological polar surface area (TPSA) is 53.7 Å². The molecule has 2 N–H and O–H groups in total. The molecule has 3 rings (SSSR count). The molecule has 1 saturated heterocycles. The van der Waals surface area contributed by atoms with Gasteiger partial charge in [0.25, 0.3) is 0 Å². The van der Waals surface area contributed by atoms with Crippen LogP contribution in [0.2, 0.25) is 0 Å². The summed E-state index contributed by atoms with van der Waals surface area (Å²) in [5, 5.41) is 0. The molecule has 2 aliphatic rings. The van der Waals surface area contributed by atoms with Gasteiger partial charge in [-0.15, -0.1) is 0 Å². The van der Waals surface area contributed by atoms with Gasteiger partial charge in [-0.05, 0) is 24.1 Å². The average Bonchev–Trinajstić information content (AvgIpc) is 3.07. The molecule has 0 amide bonds. The highest BCUT2D eigenvalue weighted by molar-refractivity contribution is 5.43. The Labute approximate surface area is 113 Å². The molecule has 2 bridgehead atoms. The zero-order valence-electron chi connectivity index (χ0n) is 11.0. The summed E-state index contributed by atoms with van der Waals surface area (Å²) >= 11 is 0. The molecule has 4 heteroatoms. The molecule has 1 fully saturated rings. The Kier molecular flexibility index (Phi) is 3.44. The van der Waals surface area contributed by atoms with E-state index in [-0.39, 0.29) is 6.10 Å². The maximum absolute atomic E-state index is 5.88. The number of nitrogens with two attached hydrogens (primary N) is 1. The van der Waals surface area contributed by atoms with Gasteiger partial charge < -0.3 is 19.9 Å². The minimum atomic E-state index is 0.222. The van der Waals surface area contributed by atoms with Gasteiger partial charge in [-0.25, -0.2) is 0 Å². The quantitative estimate of drug-likeness (QED) is 0.822. The average molecular weight is 261 g/mol. The Bertz CT molecular complexity index is 486. The van der Waals surface area contributed by atoms with Crippen molar-refractivity contribution in [2.75, 3.05) is 13.7 Å². The normalized spacial score (nSPS) is 27.8. The van der Waals surface area contributed by atoms with E-state index in [4.69, 9.17) is 19.9 Å². The van der Waals surface area contributed by atoms with E-state index in [2.05, 4.69) is 12.2 Å². The van der Waals surface area contributed by atoms with Crippen molar-refractivity contribution in [1.29, 1.82) is 0 Å². The summed E-state index contributed by atoms with van der Waals surface area (Å²) in [7, 11) is 1.64. The molecule has 2 heterocycles. The van der Waals surface area contributed by atoms with Gasteiger partial charge in [-0.1, -0.05) is 18.2 Å². The smallest absolute Gasteiger partial charge is 0.161 e. The lowest BCUT2D eigenvalue weighted by Gasteiger charge is -2.18. The third-order valence-electron chi connectivity index (χ3n) is 3.76. The largest absolute Gasteiger partial charge is 0.493 e. The van der Waals surface area contributed by atoms with Crippen molar-refractivity contribution in [3.63, 3.8) is 0 Å². The molecule has 3 unspecified atom stereocenters. The second-order valence-corrected chi connectivity index (χ2v) is 5.02. The molecule has 0 spiro atoms. The first kappa shape index (κ1) is 12.5. The molecule has 1 aromatic rings. The molecule has 4 nitrogen and oxygen atoms in total. The molecule has 0 aliphatic carbocycles. The third-order valence-corrected chi connectivity index (χ3v) is 3.76. The highest BCUT2D eigenvalue weighted by Crippen LogP contribution is 2.35. The zero-order valence-corrected chi connectivity index (χ0v) is 11.0. The van der Waals surface area contributed by atoms with Crippen LogP contribution >= 0.6 is 0 Å². The Morgan fingerprint density at radius 3 is 2.84 bits per heavy atom. The fraction of sp³-hybridized carbons (Fsp3) is 0.467. The molecule has 0 aromatic heterocycles. The van der Waals surface area contributed by atoms with Crippen LogP contribution in [0.3, 0.4) is 0 Å². The Hall–Kier alpha value is -1.52. The number of rotatable bonds is 5. The van der Waals surface area contributed by atoms with Crippen molar-refractivity contribution in [2.24, 2.45) is 11.7 Å². The van der Waals surface area contributed by atoms with E-state index >= 15 is 0 Å². The van der Waals surface area contributed by atoms with Gasteiger partial charge in [0.15, 0.2) is 11.5 Å². The maximum Gasteiger partial charge on any atom is 0.161 e. The van der Waals surface area contributed by atoms with Gasteiger partial charge in [0, 0.05) is 12.5 Å². The van der Waals surface area contributed by atoms with Gasteiger partial charge in [-0.3, -0.25) is 0 Å². The van der Waals surface area contributed by atoms with Gasteiger partial charge in [0.1, 0.15) is 0 Å². The zero-order chi connectivity index (χ0) is 13.2. The number of methoxy groups -OCH3 is 1. The SMILES string of the molecule is COc1cc(CN)ccc1OCC1CC2C=CC1O2. The molecule has 102 valence electrons.